The zero-order valence-corrected chi connectivity index (χ0v) is 15.7. The summed E-state index contributed by atoms with van der Waals surface area (Å²) in [6.07, 6.45) is 2.04. The summed E-state index contributed by atoms with van der Waals surface area (Å²) < 4.78 is 5.74. The number of primary amides is 1. The molecule has 4 rings (SSSR count). The van der Waals surface area contributed by atoms with E-state index in [1.165, 1.54) is 4.90 Å². The van der Waals surface area contributed by atoms with Crippen LogP contribution in [0.15, 0.2) is 54.7 Å². The molecule has 1 aliphatic rings. The highest BCUT2D eigenvalue weighted by Gasteiger charge is 2.33. The van der Waals surface area contributed by atoms with Gasteiger partial charge in [-0.2, -0.15) is 0 Å². The molecule has 1 aliphatic heterocycles. The number of pyridine rings is 1. The number of aromatic nitrogens is 1. The molecule has 6 nitrogen and oxygen atoms in total. The molecule has 7 heteroatoms. The van der Waals surface area contributed by atoms with Crippen molar-refractivity contribution in [2.45, 2.75) is 19.0 Å². The van der Waals surface area contributed by atoms with Gasteiger partial charge in [0.15, 0.2) is 6.61 Å². The smallest absolute Gasteiger partial charge is 0.261 e. The molecule has 0 spiro atoms. The van der Waals surface area contributed by atoms with Gasteiger partial charge in [-0.1, -0.05) is 35.9 Å². The minimum Gasteiger partial charge on any atom is -0.481 e. The Morgan fingerprint density at radius 3 is 2.71 bits per heavy atom. The van der Waals surface area contributed by atoms with Gasteiger partial charge >= 0.3 is 0 Å². The average molecular weight is 396 g/mol. The Kier molecular flexibility index (Phi) is 4.88. The van der Waals surface area contributed by atoms with Gasteiger partial charge in [-0.3, -0.25) is 14.6 Å². The first kappa shape index (κ1) is 18.3. The second kappa shape index (κ2) is 7.48. The molecule has 2 heterocycles. The fourth-order valence-corrected chi connectivity index (χ4v) is 3.71. The second-order valence-electron chi connectivity index (χ2n) is 6.65. The number of fused-ring (bicyclic) bond motifs is 2. The Bertz CT molecular complexity index is 1070. The Morgan fingerprint density at radius 1 is 1.14 bits per heavy atom. The number of carbonyl (C=O) groups excluding carboxylic acids is 2. The van der Waals surface area contributed by atoms with E-state index in [2.05, 4.69) is 4.98 Å². The van der Waals surface area contributed by atoms with Crippen LogP contribution in [0.25, 0.3) is 10.9 Å². The van der Waals surface area contributed by atoms with E-state index in [0.29, 0.717) is 29.3 Å². The van der Waals surface area contributed by atoms with Crippen molar-refractivity contribution < 1.29 is 14.3 Å². The third kappa shape index (κ3) is 3.39. The minimum absolute atomic E-state index is 0.223. The van der Waals surface area contributed by atoms with Crippen molar-refractivity contribution in [3.63, 3.8) is 0 Å². The van der Waals surface area contributed by atoms with Crippen LogP contribution in [0.4, 0.5) is 0 Å². The number of nitrogens with two attached hydrogens (primary N) is 1. The lowest BCUT2D eigenvalue weighted by Gasteiger charge is -2.35. The predicted molar refractivity (Wildman–Crippen MR) is 106 cm³/mol. The highest BCUT2D eigenvalue weighted by atomic mass is 35.5. The van der Waals surface area contributed by atoms with Crippen LogP contribution in [0.3, 0.4) is 0 Å². The van der Waals surface area contributed by atoms with Gasteiger partial charge in [0.2, 0.25) is 5.91 Å². The summed E-state index contributed by atoms with van der Waals surface area (Å²) in [6, 6.07) is 14.0. The SMILES string of the molecule is NC(=O)[C@@H]1Cc2ccccc2CN1C(=O)COc1ccc(Cl)c2cccnc12. The molecule has 0 aliphatic carbocycles. The molecule has 0 bridgehead atoms. The van der Waals surface area contributed by atoms with Gasteiger partial charge in [-0.25, -0.2) is 0 Å². The lowest BCUT2D eigenvalue weighted by Crippen LogP contribution is -2.52. The van der Waals surface area contributed by atoms with Crippen LogP contribution < -0.4 is 10.5 Å². The van der Waals surface area contributed by atoms with Crippen molar-refractivity contribution in [1.82, 2.24) is 9.88 Å². The van der Waals surface area contributed by atoms with E-state index in [4.69, 9.17) is 22.1 Å². The molecule has 0 saturated heterocycles. The van der Waals surface area contributed by atoms with E-state index in [1.54, 1.807) is 24.4 Å². The Morgan fingerprint density at radius 2 is 1.93 bits per heavy atom. The van der Waals surface area contributed by atoms with E-state index in [-0.39, 0.29) is 12.5 Å². The number of nitrogens with zero attached hydrogens (tertiary/aromatic N) is 2. The summed E-state index contributed by atoms with van der Waals surface area (Å²) in [6.45, 7) is 0.102. The number of rotatable bonds is 4. The highest BCUT2D eigenvalue weighted by molar-refractivity contribution is 6.35. The van der Waals surface area contributed by atoms with E-state index in [1.807, 2.05) is 30.3 Å². The molecule has 0 radical (unpaired) electrons. The number of hydrogen-bond donors (Lipinski definition) is 1. The zero-order chi connectivity index (χ0) is 19.7. The monoisotopic (exact) mass is 395 g/mol. The minimum atomic E-state index is -0.689. The quantitative estimate of drug-likeness (QED) is 0.736. The van der Waals surface area contributed by atoms with Crippen molar-refractivity contribution in [3.8, 4) is 5.75 Å². The maximum Gasteiger partial charge on any atom is 0.261 e. The maximum atomic E-state index is 12.8. The molecule has 2 aromatic carbocycles. The molecule has 0 fully saturated rings. The molecule has 28 heavy (non-hydrogen) atoms. The maximum absolute atomic E-state index is 12.8. The van der Waals surface area contributed by atoms with Crippen molar-refractivity contribution in [3.05, 3.63) is 70.9 Å². The van der Waals surface area contributed by atoms with Gasteiger partial charge in [0.1, 0.15) is 17.3 Å². The number of carbonyl (C=O) groups is 2. The lowest BCUT2D eigenvalue weighted by atomic mass is 9.93. The van der Waals surface area contributed by atoms with Crippen molar-refractivity contribution >= 4 is 34.3 Å². The number of halogens is 1. The van der Waals surface area contributed by atoms with Crippen molar-refractivity contribution in [2.24, 2.45) is 5.73 Å². The van der Waals surface area contributed by atoms with Crippen molar-refractivity contribution in [2.75, 3.05) is 6.61 Å². The van der Waals surface area contributed by atoms with Crippen LogP contribution in [0.5, 0.6) is 5.75 Å². The van der Waals surface area contributed by atoms with Gasteiger partial charge < -0.3 is 15.4 Å². The molecule has 1 atom stereocenters. The topological polar surface area (TPSA) is 85.5 Å². The largest absolute Gasteiger partial charge is 0.481 e. The molecule has 142 valence electrons. The van der Waals surface area contributed by atoms with Gasteiger partial charge in [-0.15, -0.1) is 0 Å². The van der Waals surface area contributed by atoms with Gasteiger partial charge in [0.25, 0.3) is 5.91 Å². The van der Waals surface area contributed by atoms with E-state index in [9.17, 15) is 9.59 Å². The first-order chi connectivity index (χ1) is 13.5. The normalized spacial score (nSPS) is 15.9. The van der Waals surface area contributed by atoms with Crippen LogP contribution in [0.2, 0.25) is 5.02 Å². The molecule has 2 amide bonds. The summed E-state index contributed by atoms with van der Waals surface area (Å²) in [4.78, 5) is 30.6. The second-order valence-corrected chi connectivity index (χ2v) is 7.05. The van der Waals surface area contributed by atoms with E-state index in [0.717, 1.165) is 16.5 Å². The average Bonchev–Trinajstić information content (AvgIpc) is 2.72. The van der Waals surface area contributed by atoms with Gasteiger partial charge in [-0.05, 0) is 35.4 Å². The summed E-state index contributed by atoms with van der Waals surface area (Å²) in [5, 5.41) is 1.30. The molecule has 3 aromatic rings. The standard InChI is InChI=1S/C21H18ClN3O3/c22-16-7-8-18(20-15(16)6-3-9-24-20)28-12-19(26)25-11-14-5-2-1-4-13(14)10-17(25)21(23)27/h1-9,17H,10-12H2,(H2,23,27)/t17-/m0/s1. The summed E-state index contributed by atoms with van der Waals surface area (Å²) >= 11 is 6.19. The van der Waals surface area contributed by atoms with Crippen LogP contribution in [-0.4, -0.2) is 34.3 Å². The number of hydrogen-bond acceptors (Lipinski definition) is 4. The zero-order valence-electron chi connectivity index (χ0n) is 15.0. The van der Waals surface area contributed by atoms with Crippen LogP contribution in [-0.2, 0) is 22.6 Å². The molecule has 0 unspecified atom stereocenters. The number of amides is 2. The molecule has 0 saturated carbocycles. The summed E-state index contributed by atoms with van der Waals surface area (Å²) in [5.41, 5.74) is 8.17. The van der Waals surface area contributed by atoms with E-state index < -0.39 is 11.9 Å². The van der Waals surface area contributed by atoms with Crippen LogP contribution in [0.1, 0.15) is 11.1 Å². The van der Waals surface area contributed by atoms with Gasteiger partial charge in [0, 0.05) is 24.5 Å². The number of benzene rings is 2. The fraction of sp³-hybridized carbons (Fsp3) is 0.190. The predicted octanol–water partition coefficient (Wildman–Crippen LogP) is 2.71. The van der Waals surface area contributed by atoms with Crippen LogP contribution in [0, 0.1) is 0 Å². The Balaban J connectivity index is 1.55. The van der Waals surface area contributed by atoms with Crippen molar-refractivity contribution in [1.29, 1.82) is 0 Å². The molecular formula is C21H18ClN3O3. The highest BCUT2D eigenvalue weighted by Crippen LogP contribution is 2.30. The summed E-state index contributed by atoms with van der Waals surface area (Å²) in [7, 11) is 0. The lowest BCUT2D eigenvalue weighted by molar-refractivity contribution is -0.142. The number of ether oxygens (including phenoxy) is 1. The third-order valence-corrected chi connectivity index (χ3v) is 5.26. The molecular weight excluding hydrogens is 378 g/mol. The summed E-state index contributed by atoms with van der Waals surface area (Å²) in [5.74, 6) is -0.375. The Labute approximate surface area is 166 Å². The van der Waals surface area contributed by atoms with E-state index >= 15 is 0 Å². The molecule has 2 N–H and O–H groups in total. The Hall–Kier alpha value is -3.12. The third-order valence-electron chi connectivity index (χ3n) is 4.93. The van der Waals surface area contributed by atoms with Gasteiger partial charge in [0.05, 0.1) is 5.02 Å². The fourth-order valence-electron chi connectivity index (χ4n) is 3.49. The first-order valence-electron chi connectivity index (χ1n) is 8.86. The first-order valence-corrected chi connectivity index (χ1v) is 9.24. The van der Waals surface area contributed by atoms with Crippen LogP contribution >= 0.6 is 11.6 Å². The molecule has 1 aromatic heterocycles.